The molecular formula is C43H85N3O4. The smallest absolute Gasteiger partial charge is 0.305 e. The molecule has 0 saturated carbocycles. The van der Waals surface area contributed by atoms with Gasteiger partial charge in [0.25, 0.3) is 0 Å². The molecule has 0 spiro atoms. The summed E-state index contributed by atoms with van der Waals surface area (Å²) in [7, 11) is 0. The van der Waals surface area contributed by atoms with Crippen molar-refractivity contribution >= 4 is 11.8 Å². The van der Waals surface area contributed by atoms with Crippen LogP contribution in [-0.2, 0) is 9.53 Å². The van der Waals surface area contributed by atoms with Gasteiger partial charge in [0, 0.05) is 32.5 Å². The summed E-state index contributed by atoms with van der Waals surface area (Å²) >= 11 is 0. The Labute approximate surface area is 310 Å². The normalized spacial score (nSPS) is 13.5. The molecular weight excluding hydrogens is 622 g/mol. The highest BCUT2D eigenvalue weighted by Gasteiger charge is 2.14. The van der Waals surface area contributed by atoms with E-state index in [0.29, 0.717) is 6.42 Å². The van der Waals surface area contributed by atoms with Gasteiger partial charge in [-0.1, -0.05) is 167 Å². The summed E-state index contributed by atoms with van der Waals surface area (Å²) in [6.07, 6.45) is 42.7. The van der Waals surface area contributed by atoms with Gasteiger partial charge >= 0.3 is 5.97 Å². The first-order valence-corrected chi connectivity index (χ1v) is 21.7. The monoisotopic (exact) mass is 708 g/mol. The number of aliphatic hydroxyl groups is 2. The van der Waals surface area contributed by atoms with Crippen LogP contribution in [0.5, 0.6) is 0 Å². The van der Waals surface area contributed by atoms with E-state index in [1.807, 2.05) is 0 Å². The van der Waals surface area contributed by atoms with E-state index in [-0.39, 0.29) is 19.2 Å². The maximum Gasteiger partial charge on any atom is 0.305 e. The number of rotatable bonds is 36. The van der Waals surface area contributed by atoms with Crippen molar-refractivity contribution in [3.8, 4) is 0 Å². The molecule has 0 aromatic rings. The molecule has 1 atom stereocenters. The van der Waals surface area contributed by atoms with Gasteiger partial charge in [0.15, 0.2) is 0 Å². The lowest BCUT2D eigenvalue weighted by Crippen LogP contribution is -2.32. The molecule has 1 aliphatic heterocycles. The van der Waals surface area contributed by atoms with E-state index in [2.05, 4.69) is 35.9 Å². The minimum absolute atomic E-state index is 0.111. The summed E-state index contributed by atoms with van der Waals surface area (Å²) < 4.78 is 4.86. The van der Waals surface area contributed by atoms with Crippen LogP contribution in [0, 0.1) is 0 Å². The number of carbonyl (C=O) groups is 1. The minimum Gasteiger partial charge on any atom is -0.463 e. The quantitative estimate of drug-likeness (QED) is 0.0340. The molecule has 4 N–H and O–H groups in total. The standard InChI is InChI=1S/C22H45N3.C21H40O4/c1-2-3-4-5-6-7-8-9-10-11-12-13-14-15-16-17-22-24-19-21-25(22)20-18-23;1-2-3-4-5-6-7-8-9-10-11-12-13-14-15-16-17-21(24)25-19-20(23)18-22/h2-21,23H2,1H3;9-10,20,22-23H,2-8,11-19H2,1H3/b;10-9-. The van der Waals surface area contributed by atoms with Crippen LogP contribution in [0.3, 0.4) is 0 Å². The summed E-state index contributed by atoms with van der Waals surface area (Å²) in [5, 5.41) is 17.7. The van der Waals surface area contributed by atoms with Crippen LogP contribution >= 0.6 is 0 Å². The molecule has 50 heavy (non-hydrogen) atoms. The predicted molar refractivity (Wildman–Crippen MR) is 216 cm³/mol. The van der Waals surface area contributed by atoms with Gasteiger partial charge in [-0.25, -0.2) is 0 Å². The third-order valence-corrected chi connectivity index (χ3v) is 9.72. The highest BCUT2D eigenvalue weighted by Crippen LogP contribution is 2.15. The number of unbranched alkanes of at least 4 members (excludes halogenated alkanes) is 25. The molecule has 0 radical (unpaired) electrons. The second-order valence-corrected chi connectivity index (χ2v) is 14.6. The van der Waals surface area contributed by atoms with Crippen molar-refractivity contribution in [2.75, 3.05) is 39.4 Å². The first-order valence-electron chi connectivity index (χ1n) is 21.7. The largest absolute Gasteiger partial charge is 0.463 e. The van der Waals surface area contributed by atoms with Crippen LogP contribution in [0.25, 0.3) is 0 Å². The molecule has 0 aromatic carbocycles. The third-order valence-electron chi connectivity index (χ3n) is 9.72. The zero-order valence-corrected chi connectivity index (χ0v) is 33.4. The van der Waals surface area contributed by atoms with E-state index in [1.54, 1.807) is 0 Å². The summed E-state index contributed by atoms with van der Waals surface area (Å²) in [4.78, 5) is 18.4. The van der Waals surface area contributed by atoms with E-state index >= 15 is 0 Å². The fraction of sp³-hybridized carbons (Fsp3) is 0.907. The molecule has 7 nitrogen and oxygen atoms in total. The molecule has 1 aliphatic rings. The summed E-state index contributed by atoms with van der Waals surface area (Å²) in [6, 6.07) is 0. The number of amidine groups is 1. The highest BCUT2D eigenvalue weighted by atomic mass is 16.5. The van der Waals surface area contributed by atoms with Gasteiger partial charge in [-0.05, 0) is 38.5 Å². The maximum atomic E-state index is 11.4. The van der Waals surface area contributed by atoms with Gasteiger partial charge in [0.2, 0.25) is 0 Å². The Balaban J connectivity index is 0.000000960. The van der Waals surface area contributed by atoms with E-state index in [0.717, 1.165) is 58.3 Å². The molecule has 0 amide bonds. The van der Waals surface area contributed by atoms with Gasteiger partial charge in [-0.15, -0.1) is 0 Å². The molecule has 296 valence electrons. The zero-order chi connectivity index (χ0) is 36.6. The van der Waals surface area contributed by atoms with Crippen LogP contribution in [0.15, 0.2) is 17.1 Å². The van der Waals surface area contributed by atoms with E-state index in [9.17, 15) is 4.79 Å². The van der Waals surface area contributed by atoms with Crippen LogP contribution in [0.4, 0.5) is 0 Å². The Morgan fingerprint density at radius 1 is 0.720 bits per heavy atom. The molecule has 0 aliphatic carbocycles. The Bertz CT molecular complexity index is 760. The summed E-state index contributed by atoms with van der Waals surface area (Å²) in [5.74, 6) is 1.03. The average molecular weight is 708 g/mol. The third kappa shape index (κ3) is 35.0. The lowest BCUT2D eigenvalue weighted by molar-refractivity contribution is -0.147. The second-order valence-electron chi connectivity index (χ2n) is 14.6. The number of nitrogens with zero attached hydrogens (tertiary/aromatic N) is 2. The fourth-order valence-corrected chi connectivity index (χ4v) is 6.47. The molecule has 1 unspecified atom stereocenters. The van der Waals surface area contributed by atoms with E-state index in [4.69, 9.17) is 20.7 Å². The molecule has 0 bridgehead atoms. The van der Waals surface area contributed by atoms with Gasteiger partial charge in [-0.3, -0.25) is 9.79 Å². The molecule has 1 rings (SSSR count). The Morgan fingerprint density at radius 3 is 1.62 bits per heavy atom. The highest BCUT2D eigenvalue weighted by molar-refractivity contribution is 5.83. The molecule has 0 saturated heterocycles. The number of nitrogens with two attached hydrogens (primary N) is 1. The van der Waals surface area contributed by atoms with E-state index < -0.39 is 6.10 Å². The van der Waals surface area contributed by atoms with Gasteiger partial charge in [0.1, 0.15) is 12.7 Å². The molecule has 0 aromatic heterocycles. The van der Waals surface area contributed by atoms with E-state index in [1.165, 1.54) is 160 Å². The minimum atomic E-state index is -0.960. The van der Waals surface area contributed by atoms with Gasteiger partial charge in [-0.2, -0.15) is 0 Å². The molecule has 1 heterocycles. The molecule has 7 heteroatoms. The topological polar surface area (TPSA) is 108 Å². The van der Waals surface area contributed by atoms with Crippen molar-refractivity contribution in [2.45, 2.75) is 213 Å². The van der Waals surface area contributed by atoms with Crippen LogP contribution < -0.4 is 5.73 Å². The number of aliphatic imine (C=N–C) groups is 1. The summed E-state index contributed by atoms with van der Waals surface area (Å²) in [5.41, 5.74) is 5.66. The number of ether oxygens (including phenoxy) is 1. The predicted octanol–water partition coefficient (Wildman–Crippen LogP) is 10.8. The second kappa shape index (κ2) is 40.3. The Kier molecular flexibility index (Phi) is 39.2. The number of esters is 1. The van der Waals surface area contributed by atoms with Crippen molar-refractivity contribution < 1.29 is 19.7 Å². The Morgan fingerprint density at radius 2 is 1.16 bits per heavy atom. The van der Waals surface area contributed by atoms with Crippen molar-refractivity contribution in [3.05, 3.63) is 12.2 Å². The lowest BCUT2D eigenvalue weighted by Gasteiger charge is -2.19. The summed E-state index contributed by atoms with van der Waals surface area (Å²) in [6.45, 7) is 7.86. The zero-order valence-electron chi connectivity index (χ0n) is 33.4. The number of hydrogen-bond donors (Lipinski definition) is 3. The fourth-order valence-electron chi connectivity index (χ4n) is 6.47. The van der Waals surface area contributed by atoms with Crippen molar-refractivity contribution in [3.63, 3.8) is 0 Å². The average Bonchev–Trinajstić information content (AvgIpc) is 3.57. The lowest BCUT2D eigenvalue weighted by atomic mass is 10.0. The van der Waals surface area contributed by atoms with Crippen LogP contribution in [0.1, 0.15) is 206 Å². The van der Waals surface area contributed by atoms with Crippen molar-refractivity contribution in [1.82, 2.24) is 4.90 Å². The Hall–Kier alpha value is -1.44. The first-order chi connectivity index (χ1) is 24.6. The number of carbonyl (C=O) groups excluding carboxylic acids is 1. The number of aliphatic hydroxyl groups excluding tert-OH is 2. The number of hydrogen-bond acceptors (Lipinski definition) is 7. The van der Waals surface area contributed by atoms with Crippen molar-refractivity contribution in [1.29, 1.82) is 0 Å². The first kappa shape index (κ1) is 48.6. The van der Waals surface area contributed by atoms with Gasteiger partial charge in [0.05, 0.1) is 19.0 Å². The van der Waals surface area contributed by atoms with Crippen LogP contribution in [-0.4, -0.2) is 72.4 Å². The van der Waals surface area contributed by atoms with Crippen LogP contribution in [0.2, 0.25) is 0 Å². The maximum absolute atomic E-state index is 11.4. The molecule has 0 fully saturated rings. The SMILES string of the molecule is CCCCCCCC/C=C\CCCCCCCC(=O)OCC(O)CO.CCCCCCCCCCCCCCCCCC1=NCCN1CCN. The van der Waals surface area contributed by atoms with Crippen molar-refractivity contribution in [2.24, 2.45) is 10.7 Å². The number of allylic oxidation sites excluding steroid dienone is 2. The van der Waals surface area contributed by atoms with Gasteiger partial charge < -0.3 is 25.6 Å².